The third-order valence-corrected chi connectivity index (χ3v) is 4.77. The van der Waals surface area contributed by atoms with Crippen LogP contribution in [0.25, 0.3) is 10.1 Å². The van der Waals surface area contributed by atoms with Gasteiger partial charge in [0, 0.05) is 31.6 Å². The van der Waals surface area contributed by atoms with Gasteiger partial charge in [0.2, 0.25) is 0 Å². The highest BCUT2D eigenvalue weighted by Gasteiger charge is 2.24. The van der Waals surface area contributed by atoms with Crippen molar-refractivity contribution in [2.24, 2.45) is 0 Å². The van der Waals surface area contributed by atoms with E-state index in [0.29, 0.717) is 18.8 Å². The second kappa shape index (κ2) is 5.42. The highest BCUT2D eigenvalue weighted by Crippen LogP contribution is 2.29. The summed E-state index contributed by atoms with van der Waals surface area (Å²) in [6, 6.07) is 8.27. The number of nitrogens with zero attached hydrogens (tertiary/aromatic N) is 4. The van der Waals surface area contributed by atoms with Crippen molar-refractivity contribution in [3.8, 4) is 0 Å². The van der Waals surface area contributed by atoms with Crippen molar-refractivity contribution in [3.05, 3.63) is 42.5 Å². The molecule has 1 aliphatic heterocycles. The molecule has 0 atom stereocenters. The van der Waals surface area contributed by atoms with E-state index in [1.807, 2.05) is 17.0 Å². The first-order valence-electron chi connectivity index (χ1n) is 7.20. The number of rotatable bonds is 2. The van der Waals surface area contributed by atoms with Crippen LogP contribution in [0.2, 0.25) is 0 Å². The Bertz CT molecular complexity index is 789. The lowest BCUT2D eigenvalue weighted by Crippen LogP contribution is -2.49. The van der Waals surface area contributed by atoms with Crippen molar-refractivity contribution in [2.75, 3.05) is 31.1 Å². The van der Waals surface area contributed by atoms with Crippen LogP contribution in [-0.2, 0) is 0 Å². The first kappa shape index (κ1) is 13.3. The van der Waals surface area contributed by atoms with E-state index in [2.05, 4.69) is 31.4 Å². The van der Waals surface area contributed by atoms with Crippen LogP contribution in [0.4, 0.5) is 5.82 Å². The lowest BCUT2D eigenvalue weighted by Gasteiger charge is -2.34. The maximum Gasteiger partial charge on any atom is 0.272 e. The molecule has 1 aliphatic rings. The average Bonchev–Trinajstić information content (AvgIpc) is 3.24. The van der Waals surface area contributed by atoms with Crippen molar-refractivity contribution < 1.29 is 4.79 Å². The van der Waals surface area contributed by atoms with Crippen LogP contribution >= 0.6 is 11.5 Å². The predicted octanol–water partition coefficient (Wildman–Crippen LogP) is 1.98. The molecule has 7 heteroatoms. The Morgan fingerprint density at radius 2 is 2.00 bits per heavy atom. The zero-order valence-corrected chi connectivity index (χ0v) is 12.7. The van der Waals surface area contributed by atoms with Crippen LogP contribution in [0.1, 0.15) is 10.5 Å². The Labute approximate surface area is 131 Å². The molecule has 1 saturated heterocycles. The number of hydrogen-bond acceptors (Lipinski definition) is 5. The quantitative estimate of drug-likeness (QED) is 0.786. The first-order chi connectivity index (χ1) is 10.8. The van der Waals surface area contributed by atoms with Crippen LogP contribution in [0.15, 0.2) is 36.8 Å². The summed E-state index contributed by atoms with van der Waals surface area (Å²) >= 11 is 1.53. The molecule has 0 radical (unpaired) electrons. The van der Waals surface area contributed by atoms with Gasteiger partial charge >= 0.3 is 0 Å². The molecule has 2 aromatic heterocycles. The standard InChI is InChI=1S/C15H15N5OS/c21-15(12-9-16-10-17-12)20-7-5-19(6-8-20)14-11-3-1-2-4-13(11)22-18-14/h1-4,9-10H,5-8H2,(H,16,17). The van der Waals surface area contributed by atoms with Crippen molar-refractivity contribution in [1.29, 1.82) is 0 Å². The summed E-state index contributed by atoms with van der Waals surface area (Å²) in [6.07, 6.45) is 3.10. The molecule has 0 bridgehead atoms. The number of benzene rings is 1. The number of amides is 1. The fourth-order valence-corrected chi connectivity index (χ4v) is 3.56. The second-order valence-electron chi connectivity index (χ2n) is 5.25. The van der Waals surface area contributed by atoms with E-state index in [0.717, 1.165) is 18.9 Å². The molecule has 0 unspecified atom stereocenters. The molecule has 1 fully saturated rings. The van der Waals surface area contributed by atoms with Gasteiger partial charge in [0.15, 0.2) is 0 Å². The fourth-order valence-electron chi connectivity index (χ4n) is 2.77. The molecular weight excluding hydrogens is 298 g/mol. The minimum atomic E-state index is 0.0142. The number of fused-ring (bicyclic) bond motifs is 1. The first-order valence-corrected chi connectivity index (χ1v) is 7.97. The Morgan fingerprint density at radius 3 is 2.77 bits per heavy atom. The number of piperazine rings is 1. The van der Waals surface area contributed by atoms with Gasteiger partial charge in [-0.2, -0.15) is 4.37 Å². The van der Waals surface area contributed by atoms with Crippen molar-refractivity contribution in [1.82, 2.24) is 19.2 Å². The van der Waals surface area contributed by atoms with E-state index in [1.165, 1.54) is 27.9 Å². The van der Waals surface area contributed by atoms with Gasteiger partial charge in [-0.3, -0.25) is 4.79 Å². The summed E-state index contributed by atoms with van der Waals surface area (Å²) < 4.78 is 5.79. The molecule has 4 rings (SSSR count). The molecule has 0 aliphatic carbocycles. The van der Waals surface area contributed by atoms with E-state index < -0.39 is 0 Å². The highest BCUT2D eigenvalue weighted by atomic mass is 32.1. The molecule has 6 nitrogen and oxygen atoms in total. The third-order valence-electron chi connectivity index (χ3n) is 3.95. The Balaban J connectivity index is 1.49. The van der Waals surface area contributed by atoms with E-state index in [4.69, 9.17) is 0 Å². The molecule has 1 aromatic carbocycles. The van der Waals surface area contributed by atoms with Gasteiger partial charge in [0.1, 0.15) is 11.5 Å². The summed E-state index contributed by atoms with van der Waals surface area (Å²) in [5, 5.41) is 1.20. The van der Waals surface area contributed by atoms with Gasteiger partial charge in [-0.05, 0) is 23.7 Å². The number of hydrogen-bond donors (Lipinski definition) is 1. The van der Waals surface area contributed by atoms with Crippen LogP contribution in [0.3, 0.4) is 0 Å². The fraction of sp³-hybridized carbons (Fsp3) is 0.267. The Kier molecular flexibility index (Phi) is 3.27. The lowest BCUT2D eigenvalue weighted by atomic mass is 10.2. The summed E-state index contributed by atoms with van der Waals surface area (Å²) in [5.41, 5.74) is 0.549. The molecule has 112 valence electrons. The van der Waals surface area contributed by atoms with Gasteiger partial charge in [-0.25, -0.2) is 4.98 Å². The molecular formula is C15H15N5OS. The minimum absolute atomic E-state index is 0.0142. The molecule has 0 spiro atoms. The lowest BCUT2D eigenvalue weighted by molar-refractivity contribution is 0.0741. The van der Waals surface area contributed by atoms with Gasteiger partial charge in [0.25, 0.3) is 5.91 Å². The van der Waals surface area contributed by atoms with Crippen LogP contribution in [0.5, 0.6) is 0 Å². The number of imidazole rings is 1. The topological polar surface area (TPSA) is 65.1 Å². The molecule has 1 amide bonds. The predicted molar refractivity (Wildman–Crippen MR) is 86.3 cm³/mol. The van der Waals surface area contributed by atoms with Gasteiger partial charge in [-0.15, -0.1) is 0 Å². The van der Waals surface area contributed by atoms with Crippen LogP contribution in [-0.4, -0.2) is 51.3 Å². The van der Waals surface area contributed by atoms with E-state index >= 15 is 0 Å². The number of carbonyl (C=O) groups excluding carboxylic acids is 1. The van der Waals surface area contributed by atoms with E-state index in [1.54, 1.807) is 6.20 Å². The minimum Gasteiger partial charge on any atom is -0.352 e. The highest BCUT2D eigenvalue weighted by molar-refractivity contribution is 7.13. The summed E-state index contributed by atoms with van der Waals surface area (Å²) in [7, 11) is 0. The number of aromatic nitrogens is 3. The molecule has 1 N–H and O–H groups in total. The van der Waals surface area contributed by atoms with Crippen molar-refractivity contribution >= 4 is 33.3 Å². The van der Waals surface area contributed by atoms with Crippen molar-refractivity contribution in [2.45, 2.75) is 0 Å². The Hall–Kier alpha value is -2.41. The SMILES string of the molecule is O=C(c1cnc[nH]1)N1CCN(c2nsc3ccccc23)CC1. The monoisotopic (exact) mass is 313 g/mol. The number of H-pyrrole nitrogens is 1. The smallest absolute Gasteiger partial charge is 0.272 e. The zero-order chi connectivity index (χ0) is 14.9. The maximum atomic E-state index is 12.3. The number of nitrogens with one attached hydrogen (secondary N) is 1. The largest absolute Gasteiger partial charge is 0.352 e. The average molecular weight is 313 g/mol. The summed E-state index contributed by atoms with van der Waals surface area (Å²) in [4.78, 5) is 23.2. The zero-order valence-electron chi connectivity index (χ0n) is 11.9. The third kappa shape index (κ3) is 2.23. The Morgan fingerprint density at radius 1 is 1.18 bits per heavy atom. The van der Waals surface area contributed by atoms with Crippen LogP contribution in [0, 0.1) is 0 Å². The summed E-state index contributed by atoms with van der Waals surface area (Å²) in [6.45, 7) is 2.99. The summed E-state index contributed by atoms with van der Waals surface area (Å²) in [5.74, 6) is 1.05. The van der Waals surface area contributed by atoms with E-state index in [9.17, 15) is 4.79 Å². The normalized spacial score (nSPS) is 15.5. The molecule has 3 heterocycles. The molecule has 22 heavy (non-hydrogen) atoms. The number of aromatic amines is 1. The second-order valence-corrected chi connectivity index (χ2v) is 6.05. The van der Waals surface area contributed by atoms with Crippen LogP contribution < -0.4 is 4.90 Å². The van der Waals surface area contributed by atoms with Gasteiger partial charge in [0.05, 0.1) is 17.2 Å². The maximum absolute atomic E-state index is 12.3. The molecule has 3 aromatic rings. The van der Waals surface area contributed by atoms with Crippen molar-refractivity contribution in [3.63, 3.8) is 0 Å². The van der Waals surface area contributed by atoms with Gasteiger partial charge < -0.3 is 14.8 Å². The molecule has 0 saturated carbocycles. The van der Waals surface area contributed by atoms with Gasteiger partial charge in [-0.1, -0.05) is 12.1 Å². The van der Waals surface area contributed by atoms with E-state index in [-0.39, 0.29) is 5.91 Å². The number of carbonyl (C=O) groups is 1. The number of anilines is 1.